The number of aromatic nitrogens is 2. The van der Waals surface area contributed by atoms with Gasteiger partial charge in [0.25, 0.3) is 0 Å². The number of pyridine rings is 2. The fourth-order valence-electron chi connectivity index (χ4n) is 1.68. The number of fused-ring (bicyclic) bond motifs is 3. The van der Waals surface area contributed by atoms with Crippen LogP contribution in [-0.4, -0.2) is 9.97 Å². The zero-order valence-corrected chi connectivity index (χ0v) is 11.2. The number of rotatable bonds is 0. The molecule has 0 saturated carbocycles. The summed E-state index contributed by atoms with van der Waals surface area (Å²) in [5, 5.41) is 2.28. The van der Waals surface area contributed by atoms with Gasteiger partial charge in [0.1, 0.15) is 0 Å². The quantitative estimate of drug-likeness (QED) is 0.450. The Bertz CT molecular complexity index is 553. The first-order valence-electron chi connectivity index (χ1n) is 4.53. The third kappa shape index (κ3) is 1.64. The topological polar surface area (TPSA) is 25.8 Å². The van der Waals surface area contributed by atoms with E-state index in [0.29, 0.717) is 0 Å². The van der Waals surface area contributed by atoms with Crippen molar-refractivity contribution in [3.05, 3.63) is 48.8 Å². The minimum atomic E-state index is 0. The zero-order chi connectivity index (χ0) is 9.38. The first kappa shape index (κ1) is 10.2. The Morgan fingerprint density at radius 1 is 0.667 bits per heavy atom. The average molecular weight is 246 g/mol. The van der Waals surface area contributed by atoms with Crippen LogP contribution in [0.3, 0.4) is 0 Å². The van der Waals surface area contributed by atoms with Crippen molar-refractivity contribution in [3.63, 3.8) is 0 Å². The van der Waals surface area contributed by atoms with E-state index >= 15 is 0 Å². The molecule has 0 aliphatic carbocycles. The Balaban J connectivity index is 0.000000853. The van der Waals surface area contributed by atoms with Gasteiger partial charge in [-0.2, -0.15) is 0 Å². The maximum absolute atomic E-state index is 4.35. The predicted octanol–water partition coefficient (Wildman–Crippen LogP) is 2.78. The van der Waals surface area contributed by atoms with Crippen LogP contribution < -0.4 is 0 Å². The van der Waals surface area contributed by atoms with Gasteiger partial charge in [-0.3, -0.25) is 9.97 Å². The fourth-order valence-corrected chi connectivity index (χ4v) is 1.68. The third-order valence-electron chi connectivity index (χ3n) is 2.34. The molecule has 3 heteroatoms. The van der Waals surface area contributed by atoms with Crippen LogP contribution in [0.15, 0.2) is 48.8 Å². The van der Waals surface area contributed by atoms with Crippen LogP contribution in [0, 0.1) is 0 Å². The SMILES string of the molecule is [Zn].c1cnc2c(c1)ccc1cccnc12. The summed E-state index contributed by atoms with van der Waals surface area (Å²) in [6.45, 7) is 0. The van der Waals surface area contributed by atoms with Gasteiger partial charge in [-0.25, -0.2) is 0 Å². The maximum atomic E-state index is 4.35. The normalized spacial score (nSPS) is 10.1. The second-order valence-corrected chi connectivity index (χ2v) is 3.22. The van der Waals surface area contributed by atoms with Crippen LogP contribution in [0.5, 0.6) is 0 Å². The van der Waals surface area contributed by atoms with E-state index in [1.54, 1.807) is 12.4 Å². The van der Waals surface area contributed by atoms with Crippen LogP contribution in [0.25, 0.3) is 21.8 Å². The van der Waals surface area contributed by atoms with Crippen LogP contribution >= 0.6 is 0 Å². The number of hydrogen-bond donors (Lipinski definition) is 0. The fraction of sp³-hybridized carbons (Fsp3) is 0. The molecule has 2 heterocycles. The van der Waals surface area contributed by atoms with E-state index in [0.717, 1.165) is 21.8 Å². The molecule has 0 spiro atoms. The van der Waals surface area contributed by atoms with E-state index < -0.39 is 0 Å². The first-order chi connectivity index (χ1) is 6.95. The van der Waals surface area contributed by atoms with Gasteiger partial charge in [-0.15, -0.1) is 0 Å². The molecule has 0 N–H and O–H groups in total. The van der Waals surface area contributed by atoms with Crippen LogP contribution in [0.4, 0.5) is 0 Å². The largest absolute Gasteiger partial charge is 0.254 e. The molecule has 0 radical (unpaired) electrons. The van der Waals surface area contributed by atoms with E-state index in [1.165, 1.54) is 0 Å². The summed E-state index contributed by atoms with van der Waals surface area (Å²) >= 11 is 0. The van der Waals surface area contributed by atoms with Gasteiger partial charge in [0, 0.05) is 42.6 Å². The molecule has 0 fully saturated rings. The summed E-state index contributed by atoms with van der Waals surface area (Å²) in [5.41, 5.74) is 1.95. The van der Waals surface area contributed by atoms with E-state index in [9.17, 15) is 0 Å². The zero-order valence-electron chi connectivity index (χ0n) is 8.22. The number of nitrogens with zero attached hydrogens (tertiary/aromatic N) is 2. The van der Waals surface area contributed by atoms with Gasteiger partial charge in [0.05, 0.1) is 11.0 Å². The second kappa shape index (κ2) is 4.03. The van der Waals surface area contributed by atoms with Gasteiger partial charge in [-0.1, -0.05) is 24.3 Å². The van der Waals surface area contributed by atoms with Crippen molar-refractivity contribution in [2.75, 3.05) is 0 Å². The molecule has 0 saturated heterocycles. The summed E-state index contributed by atoms with van der Waals surface area (Å²) < 4.78 is 0. The van der Waals surface area contributed by atoms with Gasteiger partial charge in [0.2, 0.25) is 0 Å². The molecule has 0 aliphatic rings. The van der Waals surface area contributed by atoms with Crippen molar-refractivity contribution in [2.45, 2.75) is 0 Å². The average Bonchev–Trinajstić information content (AvgIpc) is 2.29. The standard InChI is InChI=1S/C12H8N2.Zn/c1-3-9-5-6-10-4-2-8-14-12(10)11(9)13-7-1;/h1-8H;. The molecule has 3 rings (SSSR count). The molecule has 0 atom stereocenters. The summed E-state index contributed by atoms with van der Waals surface area (Å²) in [4.78, 5) is 8.69. The van der Waals surface area contributed by atoms with Gasteiger partial charge in [0.15, 0.2) is 0 Å². The molecule has 3 aromatic rings. The molecular weight excluding hydrogens is 238 g/mol. The van der Waals surface area contributed by atoms with Crippen molar-refractivity contribution < 1.29 is 19.5 Å². The summed E-state index contributed by atoms with van der Waals surface area (Å²) in [7, 11) is 0. The van der Waals surface area contributed by atoms with Crippen LogP contribution in [-0.2, 0) is 19.5 Å². The molecule has 0 aliphatic heterocycles. The Kier molecular flexibility index (Phi) is 2.74. The Labute approximate surface area is 100 Å². The van der Waals surface area contributed by atoms with Crippen LogP contribution in [0.1, 0.15) is 0 Å². The number of benzene rings is 1. The van der Waals surface area contributed by atoms with Crippen molar-refractivity contribution in [1.29, 1.82) is 0 Å². The van der Waals surface area contributed by atoms with Gasteiger partial charge >= 0.3 is 0 Å². The summed E-state index contributed by atoms with van der Waals surface area (Å²) in [6.07, 6.45) is 3.60. The summed E-state index contributed by atoms with van der Waals surface area (Å²) in [5.74, 6) is 0. The van der Waals surface area contributed by atoms with Crippen LogP contribution in [0.2, 0.25) is 0 Å². The molecule has 0 unspecified atom stereocenters. The molecule has 68 valence electrons. The molecule has 0 bridgehead atoms. The minimum absolute atomic E-state index is 0. The van der Waals surface area contributed by atoms with Gasteiger partial charge in [-0.05, 0) is 12.1 Å². The molecular formula is C12H8N2Zn. The number of hydrogen-bond acceptors (Lipinski definition) is 2. The smallest absolute Gasteiger partial charge is 0.0964 e. The van der Waals surface area contributed by atoms with Crippen molar-refractivity contribution >= 4 is 21.8 Å². The molecule has 2 nitrogen and oxygen atoms in total. The van der Waals surface area contributed by atoms with E-state index in [1.807, 2.05) is 12.1 Å². The maximum Gasteiger partial charge on any atom is 0.0964 e. The van der Waals surface area contributed by atoms with Crippen molar-refractivity contribution in [3.8, 4) is 0 Å². The van der Waals surface area contributed by atoms with Gasteiger partial charge < -0.3 is 0 Å². The predicted molar refractivity (Wildman–Crippen MR) is 57.0 cm³/mol. The van der Waals surface area contributed by atoms with Crippen molar-refractivity contribution in [2.24, 2.45) is 0 Å². The van der Waals surface area contributed by atoms with Crippen molar-refractivity contribution in [1.82, 2.24) is 9.97 Å². The first-order valence-corrected chi connectivity index (χ1v) is 4.53. The van der Waals surface area contributed by atoms with E-state index in [-0.39, 0.29) is 19.5 Å². The second-order valence-electron chi connectivity index (χ2n) is 3.22. The molecule has 15 heavy (non-hydrogen) atoms. The Hall–Kier alpha value is -1.34. The van der Waals surface area contributed by atoms with E-state index in [2.05, 4.69) is 34.2 Å². The third-order valence-corrected chi connectivity index (χ3v) is 2.34. The summed E-state index contributed by atoms with van der Waals surface area (Å²) in [6, 6.07) is 12.1. The Morgan fingerprint density at radius 2 is 1.13 bits per heavy atom. The van der Waals surface area contributed by atoms with E-state index in [4.69, 9.17) is 0 Å². The molecule has 1 aromatic carbocycles. The Morgan fingerprint density at radius 3 is 1.60 bits per heavy atom. The molecule has 0 amide bonds. The molecule has 2 aromatic heterocycles. The minimum Gasteiger partial charge on any atom is -0.254 e. The monoisotopic (exact) mass is 244 g/mol.